The SMILES string of the molecule is COc1ccccc1CNc1ccc(C(=O)Nc2cccc(C#N)c2)nn1. The van der Waals surface area contributed by atoms with Crippen LogP contribution in [0.5, 0.6) is 5.75 Å². The van der Waals surface area contributed by atoms with Crippen LogP contribution in [0.25, 0.3) is 0 Å². The van der Waals surface area contributed by atoms with Crippen molar-refractivity contribution < 1.29 is 9.53 Å². The van der Waals surface area contributed by atoms with Crippen LogP contribution in [0.1, 0.15) is 21.6 Å². The molecular weight excluding hydrogens is 342 g/mol. The van der Waals surface area contributed by atoms with Gasteiger partial charge in [-0.15, -0.1) is 10.2 Å². The molecule has 0 fully saturated rings. The Morgan fingerprint density at radius 3 is 2.70 bits per heavy atom. The number of para-hydroxylation sites is 1. The fourth-order valence-corrected chi connectivity index (χ4v) is 2.44. The fraction of sp³-hybridized carbons (Fsp3) is 0.100. The topological polar surface area (TPSA) is 99.9 Å². The highest BCUT2D eigenvalue weighted by Crippen LogP contribution is 2.18. The van der Waals surface area contributed by atoms with E-state index in [2.05, 4.69) is 20.8 Å². The summed E-state index contributed by atoms with van der Waals surface area (Å²) in [5.74, 6) is 0.936. The van der Waals surface area contributed by atoms with E-state index in [1.807, 2.05) is 30.3 Å². The number of benzene rings is 2. The van der Waals surface area contributed by atoms with Crippen LogP contribution in [0, 0.1) is 11.3 Å². The summed E-state index contributed by atoms with van der Waals surface area (Å²) < 4.78 is 5.31. The molecule has 7 nitrogen and oxygen atoms in total. The third kappa shape index (κ3) is 4.58. The van der Waals surface area contributed by atoms with Gasteiger partial charge in [0.05, 0.1) is 18.7 Å². The van der Waals surface area contributed by atoms with Crippen molar-refractivity contribution >= 4 is 17.4 Å². The quantitative estimate of drug-likeness (QED) is 0.701. The summed E-state index contributed by atoms with van der Waals surface area (Å²) >= 11 is 0. The summed E-state index contributed by atoms with van der Waals surface area (Å²) in [5, 5.41) is 22.7. The largest absolute Gasteiger partial charge is 0.496 e. The van der Waals surface area contributed by atoms with Gasteiger partial charge in [0.2, 0.25) is 0 Å². The first-order chi connectivity index (χ1) is 13.2. The Kier molecular flexibility index (Phi) is 5.60. The van der Waals surface area contributed by atoms with Gasteiger partial charge in [-0.1, -0.05) is 24.3 Å². The zero-order valence-corrected chi connectivity index (χ0v) is 14.6. The minimum atomic E-state index is -0.395. The molecule has 0 aliphatic carbocycles. The molecule has 7 heteroatoms. The lowest BCUT2D eigenvalue weighted by atomic mass is 10.2. The Balaban J connectivity index is 1.62. The van der Waals surface area contributed by atoms with Gasteiger partial charge in [0.15, 0.2) is 5.69 Å². The highest BCUT2D eigenvalue weighted by molar-refractivity contribution is 6.02. The lowest BCUT2D eigenvalue weighted by Gasteiger charge is -2.10. The van der Waals surface area contributed by atoms with Gasteiger partial charge in [0.1, 0.15) is 11.6 Å². The molecule has 27 heavy (non-hydrogen) atoms. The molecule has 0 atom stereocenters. The number of anilines is 2. The third-order valence-electron chi connectivity index (χ3n) is 3.80. The summed E-state index contributed by atoms with van der Waals surface area (Å²) in [6.45, 7) is 0.519. The summed E-state index contributed by atoms with van der Waals surface area (Å²) in [6.07, 6.45) is 0. The number of nitriles is 1. The van der Waals surface area contributed by atoms with E-state index in [1.54, 1.807) is 43.5 Å². The van der Waals surface area contributed by atoms with E-state index >= 15 is 0 Å². The van der Waals surface area contributed by atoms with E-state index in [0.29, 0.717) is 23.6 Å². The Hall–Kier alpha value is -3.92. The number of carbonyl (C=O) groups excluding carboxylic acids is 1. The van der Waals surface area contributed by atoms with Gasteiger partial charge in [-0.3, -0.25) is 4.79 Å². The van der Waals surface area contributed by atoms with Crippen LogP contribution in [0.15, 0.2) is 60.7 Å². The zero-order chi connectivity index (χ0) is 19.1. The Morgan fingerprint density at radius 1 is 1.11 bits per heavy atom. The Morgan fingerprint density at radius 2 is 1.96 bits per heavy atom. The highest BCUT2D eigenvalue weighted by atomic mass is 16.5. The van der Waals surface area contributed by atoms with E-state index < -0.39 is 5.91 Å². The summed E-state index contributed by atoms with van der Waals surface area (Å²) in [6, 6.07) is 19.6. The molecule has 1 amide bonds. The molecular formula is C20H17N5O2. The third-order valence-corrected chi connectivity index (χ3v) is 3.80. The smallest absolute Gasteiger partial charge is 0.276 e. The van der Waals surface area contributed by atoms with Gasteiger partial charge in [0, 0.05) is 17.8 Å². The zero-order valence-electron chi connectivity index (χ0n) is 14.6. The van der Waals surface area contributed by atoms with Gasteiger partial charge in [-0.05, 0) is 36.4 Å². The van der Waals surface area contributed by atoms with Gasteiger partial charge in [-0.2, -0.15) is 5.26 Å². The molecule has 0 saturated carbocycles. The number of hydrogen-bond acceptors (Lipinski definition) is 6. The lowest BCUT2D eigenvalue weighted by Crippen LogP contribution is -2.15. The molecule has 3 aromatic rings. The van der Waals surface area contributed by atoms with Crippen LogP contribution in [-0.2, 0) is 6.54 Å². The molecule has 2 N–H and O–H groups in total. The van der Waals surface area contributed by atoms with Gasteiger partial charge < -0.3 is 15.4 Å². The molecule has 2 aromatic carbocycles. The average Bonchev–Trinajstić information content (AvgIpc) is 2.73. The fourth-order valence-electron chi connectivity index (χ4n) is 2.44. The number of aromatic nitrogens is 2. The average molecular weight is 359 g/mol. The molecule has 0 spiro atoms. The minimum absolute atomic E-state index is 0.181. The van der Waals surface area contributed by atoms with Crippen molar-refractivity contribution in [2.24, 2.45) is 0 Å². The first kappa shape index (κ1) is 17.9. The Labute approximate surface area is 156 Å². The maximum Gasteiger partial charge on any atom is 0.276 e. The van der Waals surface area contributed by atoms with Gasteiger partial charge in [0.25, 0.3) is 5.91 Å². The van der Waals surface area contributed by atoms with Crippen molar-refractivity contribution in [2.45, 2.75) is 6.54 Å². The predicted octanol–water partition coefficient (Wildman–Crippen LogP) is 3.22. The second kappa shape index (κ2) is 8.45. The highest BCUT2D eigenvalue weighted by Gasteiger charge is 2.09. The molecule has 0 saturated heterocycles. The summed E-state index contributed by atoms with van der Waals surface area (Å²) in [5.41, 5.74) is 2.16. The van der Waals surface area contributed by atoms with Crippen molar-refractivity contribution in [1.82, 2.24) is 10.2 Å². The van der Waals surface area contributed by atoms with Gasteiger partial charge in [-0.25, -0.2) is 0 Å². The van der Waals surface area contributed by atoms with Crippen LogP contribution in [0.3, 0.4) is 0 Å². The van der Waals surface area contributed by atoms with Crippen LogP contribution in [0.4, 0.5) is 11.5 Å². The molecule has 0 bridgehead atoms. The molecule has 1 heterocycles. The second-order valence-corrected chi connectivity index (χ2v) is 5.62. The molecule has 1 aromatic heterocycles. The van der Waals surface area contributed by atoms with Crippen molar-refractivity contribution in [3.05, 3.63) is 77.5 Å². The van der Waals surface area contributed by atoms with E-state index in [9.17, 15) is 4.79 Å². The first-order valence-corrected chi connectivity index (χ1v) is 8.20. The van der Waals surface area contributed by atoms with Crippen molar-refractivity contribution in [2.75, 3.05) is 17.7 Å². The van der Waals surface area contributed by atoms with Crippen LogP contribution < -0.4 is 15.4 Å². The number of rotatable bonds is 6. The Bertz CT molecular complexity index is 980. The van der Waals surface area contributed by atoms with Crippen LogP contribution >= 0.6 is 0 Å². The molecule has 3 rings (SSSR count). The van der Waals surface area contributed by atoms with E-state index in [-0.39, 0.29) is 5.69 Å². The van der Waals surface area contributed by atoms with E-state index in [1.165, 1.54) is 0 Å². The number of amides is 1. The van der Waals surface area contributed by atoms with Crippen molar-refractivity contribution in [1.29, 1.82) is 5.26 Å². The summed E-state index contributed by atoms with van der Waals surface area (Å²) in [4.78, 5) is 12.3. The number of nitrogens with zero attached hydrogens (tertiary/aromatic N) is 3. The first-order valence-electron chi connectivity index (χ1n) is 8.20. The lowest BCUT2D eigenvalue weighted by molar-refractivity contribution is 0.102. The van der Waals surface area contributed by atoms with Gasteiger partial charge >= 0.3 is 0 Å². The molecule has 0 aliphatic heterocycles. The monoisotopic (exact) mass is 359 g/mol. The normalized spacial score (nSPS) is 9.93. The van der Waals surface area contributed by atoms with Crippen LogP contribution in [-0.4, -0.2) is 23.2 Å². The van der Waals surface area contributed by atoms with Crippen molar-refractivity contribution in [3.63, 3.8) is 0 Å². The molecule has 0 unspecified atom stereocenters. The summed E-state index contributed by atoms with van der Waals surface area (Å²) in [7, 11) is 1.62. The standard InChI is InChI=1S/C20H17N5O2/c1-27-18-8-3-2-6-15(18)13-22-19-10-9-17(24-25-19)20(26)23-16-7-4-5-14(11-16)12-21/h2-11H,13H2,1H3,(H,22,25)(H,23,26). The number of nitrogens with one attached hydrogen (secondary N) is 2. The number of ether oxygens (including phenoxy) is 1. The van der Waals surface area contributed by atoms with Crippen LogP contribution in [0.2, 0.25) is 0 Å². The van der Waals surface area contributed by atoms with Crippen molar-refractivity contribution in [3.8, 4) is 11.8 Å². The number of methoxy groups -OCH3 is 1. The molecule has 0 radical (unpaired) electrons. The molecule has 134 valence electrons. The maximum atomic E-state index is 12.3. The minimum Gasteiger partial charge on any atom is -0.496 e. The predicted molar refractivity (Wildman–Crippen MR) is 101 cm³/mol. The molecule has 0 aliphatic rings. The number of carbonyl (C=O) groups is 1. The van der Waals surface area contributed by atoms with E-state index in [0.717, 1.165) is 11.3 Å². The van der Waals surface area contributed by atoms with E-state index in [4.69, 9.17) is 10.00 Å². The number of hydrogen-bond donors (Lipinski definition) is 2. The maximum absolute atomic E-state index is 12.3. The second-order valence-electron chi connectivity index (χ2n) is 5.62.